The van der Waals surface area contributed by atoms with Crippen LogP contribution in [0.15, 0.2) is 12.2 Å². The summed E-state index contributed by atoms with van der Waals surface area (Å²) in [4.78, 5) is 11.0. The molecule has 0 rings (SSSR count). The van der Waals surface area contributed by atoms with E-state index in [1.807, 2.05) is 0 Å². The van der Waals surface area contributed by atoms with Crippen molar-refractivity contribution in [1.82, 2.24) is 0 Å². The predicted molar refractivity (Wildman–Crippen MR) is 68.2 cm³/mol. The first kappa shape index (κ1) is 17.3. The van der Waals surface area contributed by atoms with Gasteiger partial charge < -0.3 is 22.8 Å². The van der Waals surface area contributed by atoms with Crippen molar-refractivity contribution in [2.45, 2.75) is 12.5 Å². The number of hydrogen-bond acceptors (Lipinski definition) is 6. The molecule has 0 atom stereocenters. The second-order valence-corrected chi connectivity index (χ2v) is 6.64. The Morgan fingerprint density at radius 2 is 1.67 bits per heavy atom. The maximum atomic E-state index is 11.0. The lowest BCUT2D eigenvalue weighted by Gasteiger charge is -2.24. The quantitative estimate of drug-likeness (QED) is 0.257. The molecule has 0 unspecified atom stereocenters. The molecule has 0 N–H and O–H groups in total. The van der Waals surface area contributed by atoms with Gasteiger partial charge in [0.25, 0.3) is 0 Å². The lowest BCUT2D eigenvalue weighted by molar-refractivity contribution is -0.136. The fraction of sp³-hybridized carbons (Fsp3) is 0.727. The van der Waals surface area contributed by atoms with Crippen LogP contribution in [0.25, 0.3) is 0 Å². The molecule has 0 aromatic rings. The van der Waals surface area contributed by atoms with Crippen LogP contribution in [0.2, 0.25) is 6.04 Å². The third-order valence-electron chi connectivity index (χ3n) is 2.46. The van der Waals surface area contributed by atoms with Crippen molar-refractivity contribution in [2.24, 2.45) is 0 Å². The average molecular weight is 278 g/mol. The smallest absolute Gasteiger partial charge is 0.466 e. The largest absolute Gasteiger partial charge is 0.500 e. The van der Waals surface area contributed by atoms with Gasteiger partial charge in [-0.05, 0) is 6.42 Å². The van der Waals surface area contributed by atoms with Gasteiger partial charge in [0.1, 0.15) is 0 Å². The van der Waals surface area contributed by atoms with Crippen LogP contribution in [0.3, 0.4) is 0 Å². The molecule has 0 heterocycles. The molecule has 0 aliphatic rings. The highest BCUT2D eigenvalue weighted by atomic mass is 28.4. The monoisotopic (exact) mass is 278 g/mol. The van der Waals surface area contributed by atoms with Crippen molar-refractivity contribution in [3.05, 3.63) is 12.2 Å². The summed E-state index contributed by atoms with van der Waals surface area (Å²) in [5.74, 6) is -0.454. The van der Waals surface area contributed by atoms with Gasteiger partial charge in [-0.15, -0.1) is 0 Å². The van der Waals surface area contributed by atoms with E-state index in [9.17, 15) is 4.79 Å². The van der Waals surface area contributed by atoms with Crippen molar-refractivity contribution in [2.75, 3.05) is 41.7 Å². The molecule has 6 nitrogen and oxygen atoms in total. The van der Waals surface area contributed by atoms with E-state index in [0.29, 0.717) is 18.2 Å². The first-order valence-corrected chi connectivity index (χ1v) is 7.47. The van der Waals surface area contributed by atoms with Crippen molar-refractivity contribution < 1.29 is 27.5 Å². The van der Waals surface area contributed by atoms with Crippen molar-refractivity contribution in [3.63, 3.8) is 0 Å². The first-order valence-electron chi connectivity index (χ1n) is 5.54. The van der Waals surface area contributed by atoms with E-state index < -0.39 is 14.8 Å². The summed E-state index contributed by atoms with van der Waals surface area (Å²) in [6.45, 7) is 4.19. The van der Waals surface area contributed by atoms with Crippen LogP contribution < -0.4 is 0 Å². The molecule has 0 aliphatic carbocycles. The van der Waals surface area contributed by atoms with Crippen molar-refractivity contribution in [3.8, 4) is 0 Å². The topological polar surface area (TPSA) is 63.2 Å². The number of carbonyl (C=O) groups excluding carboxylic acids is 1. The number of hydrogen-bond donors (Lipinski definition) is 0. The fourth-order valence-corrected chi connectivity index (χ4v) is 3.04. The standard InChI is InChI=1S/C11H22O6Si/c1-10(11(12)13-2)9-17-7-6-8-18(14-3,15-4)16-5/h1,6-9H2,2-5H3. The highest BCUT2D eigenvalue weighted by Crippen LogP contribution is 2.14. The van der Waals surface area contributed by atoms with Gasteiger partial charge in [0, 0.05) is 34.0 Å². The van der Waals surface area contributed by atoms with Crippen LogP contribution in [0.5, 0.6) is 0 Å². The number of esters is 1. The van der Waals surface area contributed by atoms with E-state index >= 15 is 0 Å². The summed E-state index contributed by atoms with van der Waals surface area (Å²) in [5, 5.41) is 0. The highest BCUT2D eigenvalue weighted by Gasteiger charge is 2.36. The van der Waals surface area contributed by atoms with E-state index in [2.05, 4.69) is 11.3 Å². The number of methoxy groups -OCH3 is 1. The zero-order valence-electron chi connectivity index (χ0n) is 11.5. The van der Waals surface area contributed by atoms with E-state index in [0.717, 1.165) is 6.42 Å². The van der Waals surface area contributed by atoms with E-state index in [1.54, 1.807) is 21.3 Å². The van der Waals surface area contributed by atoms with Gasteiger partial charge in [0.2, 0.25) is 0 Å². The summed E-state index contributed by atoms with van der Waals surface area (Å²) in [5.41, 5.74) is 0.297. The van der Waals surface area contributed by atoms with Crippen LogP contribution in [0.4, 0.5) is 0 Å². The van der Waals surface area contributed by atoms with Crippen LogP contribution in [-0.2, 0) is 27.5 Å². The fourth-order valence-electron chi connectivity index (χ4n) is 1.35. The molecular weight excluding hydrogens is 256 g/mol. The summed E-state index contributed by atoms with van der Waals surface area (Å²) < 4.78 is 25.6. The van der Waals surface area contributed by atoms with Crippen LogP contribution >= 0.6 is 0 Å². The molecule has 0 bridgehead atoms. The summed E-state index contributed by atoms with van der Waals surface area (Å²) in [6, 6.07) is 0.654. The first-order chi connectivity index (χ1) is 8.55. The third-order valence-corrected chi connectivity index (χ3v) is 5.29. The molecule has 0 radical (unpaired) electrons. The Hall–Kier alpha value is -0.733. The molecule has 0 aromatic carbocycles. The molecule has 18 heavy (non-hydrogen) atoms. The Morgan fingerprint density at radius 1 is 1.11 bits per heavy atom. The Morgan fingerprint density at radius 3 is 2.11 bits per heavy atom. The number of ether oxygens (including phenoxy) is 2. The van der Waals surface area contributed by atoms with E-state index in [4.69, 9.17) is 18.0 Å². The van der Waals surface area contributed by atoms with E-state index in [-0.39, 0.29) is 6.61 Å². The second-order valence-electron chi connectivity index (χ2n) is 3.55. The predicted octanol–water partition coefficient (Wildman–Crippen LogP) is 1.00. The van der Waals surface area contributed by atoms with Crippen molar-refractivity contribution in [1.29, 1.82) is 0 Å². The summed E-state index contributed by atoms with van der Waals surface area (Å²) in [7, 11) is 3.50. The van der Waals surface area contributed by atoms with Gasteiger partial charge in [-0.2, -0.15) is 0 Å². The van der Waals surface area contributed by atoms with Crippen LogP contribution in [-0.4, -0.2) is 56.4 Å². The normalized spacial score (nSPS) is 11.3. The van der Waals surface area contributed by atoms with E-state index in [1.165, 1.54) is 7.11 Å². The summed E-state index contributed by atoms with van der Waals surface area (Å²) >= 11 is 0. The third kappa shape index (κ3) is 5.74. The van der Waals surface area contributed by atoms with Crippen LogP contribution in [0.1, 0.15) is 6.42 Å². The number of rotatable bonds is 10. The molecule has 7 heteroatoms. The molecule has 0 saturated heterocycles. The van der Waals surface area contributed by atoms with Crippen molar-refractivity contribution >= 4 is 14.8 Å². The zero-order chi connectivity index (χ0) is 14.0. The van der Waals surface area contributed by atoms with Gasteiger partial charge in [-0.25, -0.2) is 4.79 Å². The molecule has 106 valence electrons. The Kier molecular flexibility index (Phi) is 8.85. The van der Waals surface area contributed by atoms with Gasteiger partial charge in [-0.3, -0.25) is 0 Å². The maximum absolute atomic E-state index is 11.0. The Labute approximate surface area is 109 Å². The minimum absolute atomic E-state index is 0.161. The zero-order valence-corrected chi connectivity index (χ0v) is 12.5. The van der Waals surface area contributed by atoms with Gasteiger partial charge in [0.15, 0.2) is 0 Å². The molecule has 0 aromatic heterocycles. The molecule has 0 saturated carbocycles. The SMILES string of the molecule is C=C(COCCC[Si](OC)(OC)OC)C(=O)OC. The Bertz CT molecular complexity index is 256. The minimum Gasteiger partial charge on any atom is -0.466 e. The van der Waals surface area contributed by atoms with Gasteiger partial charge in [0.05, 0.1) is 19.3 Å². The number of carbonyl (C=O) groups is 1. The maximum Gasteiger partial charge on any atom is 0.500 e. The lowest BCUT2D eigenvalue weighted by Crippen LogP contribution is -2.42. The van der Waals surface area contributed by atoms with Crippen LogP contribution in [0, 0.1) is 0 Å². The highest BCUT2D eigenvalue weighted by molar-refractivity contribution is 6.60. The average Bonchev–Trinajstić information content (AvgIpc) is 2.42. The molecule has 0 fully saturated rings. The minimum atomic E-state index is -2.52. The molecule has 0 amide bonds. The Balaban J connectivity index is 3.80. The van der Waals surface area contributed by atoms with Gasteiger partial charge >= 0.3 is 14.8 Å². The molecule has 0 spiro atoms. The lowest BCUT2D eigenvalue weighted by atomic mass is 10.3. The second kappa shape index (κ2) is 9.23. The summed E-state index contributed by atoms with van der Waals surface area (Å²) in [6.07, 6.45) is 0.718. The van der Waals surface area contributed by atoms with Gasteiger partial charge in [-0.1, -0.05) is 6.58 Å². The molecule has 0 aliphatic heterocycles. The molecular formula is C11H22O6Si.